The molecule has 1 fully saturated rings. The molecule has 0 aliphatic carbocycles. The van der Waals surface area contributed by atoms with Crippen molar-refractivity contribution in [2.45, 2.75) is 19.3 Å². The van der Waals surface area contributed by atoms with Crippen LogP contribution in [-0.2, 0) is 0 Å². The molecule has 0 unspecified atom stereocenters. The molecule has 19 heavy (non-hydrogen) atoms. The Hall–Kier alpha value is -1.97. The normalized spacial score (nSPS) is 15.7. The van der Waals surface area contributed by atoms with Gasteiger partial charge in [-0.05, 0) is 43.5 Å². The molecule has 0 spiro atoms. The predicted molar refractivity (Wildman–Crippen MR) is 71.5 cm³/mol. The van der Waals surface area contributed by atoms with Crippen LogP contribution >= 0.6 is 0 Å². The lowest BCUT2D eigenvalue weighted by Crippen LogP contribution is -2.36. The molecule has 1 aliphatic rings. The lowest BCUT2D eigenvalue weighted by Gasteiger charge is -2.26. The number of rotatable bonds is 1. The van der Waals surface area contributed by atoms with Gasteiger partial charge in [0.15, 0.2) is 0 Å². The highest BCUT2D eigenvalue weighted by Gasteiger charge is 2.19. The molecule has 0 bridgehead atoms. The SMILES string of the molecule is O=C(c1ccc2cc(F)ccc2n1)N1CCCCC1. The second-order valence-electron chi connectivity index (χ2n) is 4.89. The lowest BCUT2D eigenvalue weighted by atomic mass is 10.1. The monoisotopic (exact) mass is 258 g/mol. The summed E-state index contributed by atoms with van der Waals surface area (Å²) in [5.74, 6) is -0.310. The summed E-state index contributed by atoms with van der Waals surface area (Å²) < 4.78 is 13.1. The summed E-state index contributed by atoms with van der Waals surface area (Å²) >= 11 is 0. The topological polar surface area (TPSA) is 33.2 Å². The molecule has 1 aromatic carbocycles. The first-order valence-electron chi connectivity index (χ1n) is 6.60. The first-order chi connectivity index (χ1) is 9.24. The third kappa shape index (κ3) is 2.43. The molecule has 2 heterocycles. The van der Waals surface area contributed by atoms with Crippen LogP contribution in [0.5, 0.6) is 0 Å². The molecule has 0 N–H and O–H groups in total. The van der Waals surface area contributed by atoms with Crippen molar-refractivity contribution < 1.29 is 9.18 Å². The van der Waals surface area contributed by atoms with Gasteiger partial charge in [-0.2, -0.15) is 0 Å². The minimum absolute atomic E-state index is 0.0223. The standard InChI is InChI=1S/C15H15FN2O/c16-12-5-7-13-11(10-12)4-6-14(17-13)15(19)18-8-2-1-3-9-18/h4-7,10H,1-3,8-9H2. The van der Waals surface area contributed by atoms with E-state index in [4.69, 9.17) is 0 Å². The summed E-state index contributed by atoms with van der Waals surface area (Å²) in [5.41, 5.74) is 1.10. The molecule has 1 aromatic heterocycles. The minimum Gasteiger partial charge on any atom is -0.337 e. The number of hydrogen-bond donors (Lipinski definition) is 0. The van der Waals surface area contributed by atoms with E-state index >= 15 is 0 Å². The molecular weight excluding hydrogens is 243 g/mol. The Kier molecular flexibility index (Phi) is 3.15. The van der Waals surface area contributed by atoms with Crippen LogP contribution in [0.1, 0.15) is 29.8 Å². The van der Waals surface area contributed by atoms with E-state index in [1.165, 1.54) is 18.6 Å². The average molecular weight is 258 g/mol. The maximum absolute atomic E-state index is 13.1. The van der Waals surface area contributed by atoms with Crippen molar-refractivity contribution in [3.05, 3.63) is 41.8 Å². The first-order valence-corrected chi connectivity index (χ1v) is 6.60. The number of nitrogens with zero attached hydrogens (tertiary/aromatic N) is 2. The van der Waals surface area contributed by atoms with Crippen molar-refractivity contribution >= 4 is 16.8 Å². The second kappa shape index (κ2) is 4.96. The van der Waals surface area contributed by atoms with Crippen molar-refractivity contribution in [1.82, 2.24) is 9.88 Å². The highest BCUT2D eigenvalue weighted by molar-refractivity contribution is 5.94. The van der Waals surface area contributed by atoms with E-state index in [2.05, 4.69) is 4.98 Å². The lowest BCUT2D eigenvalue weighted by molar-refractivity contribution is 0.0719. The van der Waals surface area contributed by atoms with E-state index in [0.717, 1.165) is 31.3 Å². The van der Waals surface area contributed by atoms with Gasteiger partial charge in [0, 0.05) is 18.5 Å². The fourth-order valence-electron chi connectivity index (χ4n) is 2.47. The van der Waals surface area contributed by atoms with Crippen molar-refractivity contribution in [1.29, 1.82) is 0 Å². The number of amides is 1. The number of aromatic nitrogens is 1. The van der Waals surface area contributed by atoms with E-state index in [1.807, 2.05) is 4.90 Å². The maximum Gasteiger partial charge on any atom is 0.272 e. The summed E-state index contributed by atoms with van der Waals surface area (Å²) in [5, 5.41) is 0.718. The van der Waals surface area contributed by atoms with Gasteiger partial charge in [-0.1, -0.05) is 6.07 Å². The molecule has 4 heteroatoms. The summed E-state index contributed by atoms with van der Waals surface area (Å²) in [4.78, 5) is 18.5. The Bertz CT molecular complexity index is 621. The zero-order valence-electron chi connectivity index (χ0n) is 10.6. The number of fused-ring (bicyclic) bond motifs is 1. The van der Waals surface area contributed by atoms with Crippen LogP contribution in [0.3, 0.4) is 0 Å². The maximum atomic E-state index is 13.1. The van der Waals surface area contributed by atoms with E-state index in [9.17, 15) is 9.18 Å². The van der Waals surface area contributed by atoms with E-state index in [0.29, 0.717) is 11.2 Å². The molecule has 3 nitrogen and oxygen atoms in total. The number of benzene rings is 1. The van der Waals surface area contributed by atoms with Crippen molar-refractivity contribution in [2.75, 3.05) is 13.1 Å². The minimum atomic E-state index is -0.288. The Morgan fingerprint density at radius 1 is 1.11 bits per heavy atom. The molecule has 0 radical (unpaired) electrons. The Labute approximate surface area is 111 Å². The van der Waals surface area contributed by atoms with Crippen LogP contribution in [-0.4, -0.2) is 28.9 Å². The zero-order valence-corrected chi connectivity index (χ0v) is 10.6. The van der Waals surface area contributed by atoms with E-state index < -0.39 is 0 Å². The van der Waals surface area contributed by atoms with Crippen LogP contribution in [0, 0.1) is 5.82 Å². The largest absolute Gasteiger partial charge is 0.337 e. The fourth-order valence-corrected chi connectivity index (χ4v) is 2.47. The molecule has 3 rings (SSSR count). The summed E-state index contributed by atoms with van der Waals surface area (Å²) in [7, 11) is 0. The zero-order chi connectivity index (χ0) is 13.2. The van der Waals surface area contributed by atoms with Crippen molar-refractivity contribution in [2.24, 2.45) is 0 Å². The molecule has 0 saturated carbocycles. The molecule has 0 atom stereocenters. The van der Waals surface area contributed by atoms with Crippen LogP contribution in [0.2, 0.25) is 0 Å². The van der Waals surface area contributed by atoms with Crippen LogP contribution in [0.25, 0.3) is 10.9 Å². The predicted octanol–water partition coefficient (Wildman–Crippen LogP) is 3.00. The average Bonchev–Trinajstić information content (AvgIpc) is 2.47. The van der Waals surface area contributed by atoms with Gasteiger partial charge in [-0.3, -0.25) is 4.79 Å². The van der Waals surface area contributed by atoms with E-state index in [-0.39, 0.29) is 11.7 Å². The fraction of sp³-hybridized carbons (Fsp3) is 0.333. The second-order valence-corrected chi connectivity index (χ2v) is 4.89. The van der Waals surface area contributed by atoms with Crippen LogP contribution in [0.4, 0.5) is 4.39 Å². The molecule has 1 amide bonds. The Morgan fingerprint density at radius 3 is 2.68 bits per heavy atom. The highest BCUT2D eigenvalue weighted by Crippen LogP contribution is 2.17. The number of halogens is 1. The Balaban J connectivity index is 1.92. The summed E-state index contributed by atoms with van der Waals surface area (Å²) in [6.45, 7) is 1.62. The molecule has 98 valence electrons. The Morgan fingerprint density at radius 2 is 1.89 bits per heavy atom. The van der Waals surface area contributed by atoms with Gasteiger partial charge in [0.2, 0.25) is 0 Å². The molecule has 1 aliphatic heterocycles. The van der Waals surface area contributed by atoms with Crippen molar-refractivity contribution in [3.8, 4) is 0 Å². The number of pyridine rings is 1. The number of hydrogen-bond acceptors (Lipinski definition) is 2. The third-order valence-corrected chi connectivity index (χ3v) is 3.51. The number of likely N-dealkylation sites (tertiary alicyclic amines) is 1. The van der Waals surface area contributed by atoms with Gasteiger partial charge in [0.1, 0.15) is 11.5 Å². The summed E-state index contributed by atoms with van der Waals surface area (Å²) in [6.07, 6.45) is 3.31. The van der Waals surface area contributed by atoms with E-state index in [1.54, 1.807) is 18.2 Å². The number of piperidine rings is 1. The molecule has 2 aromatic rings. The van der Waals surface area contributed by atoms with Gasteiger partial charge in [-0.15, -0.1) is 0 Å². The quantitative estimate of drug-likeness (QED) is 0.787. The third-order valence-electron chi connectivity index (χ3n) is 3.51. The van der Waals surface area contributed by atoms with Gasteiger partial charge in [0.25, 0.3) is 5.91 Å². The van der Waals surface area contributed by atoms with Crippen LogP contribution < -0.4 is 0 Å². The number of carbonyl (C=O) groups excluding carboxylic acids is 1. The summed E-state index contributed by atoms with van der Waals surface area (Å²) in [6, 6.07) is 7.83. The molecular formula is C15H15FN2O. The van der Waals surface area contributed by atoms with Gasteiger partial charge < -0.3 is 4.90 Å². The number of carbonyl (C=O) groups is 1. The molecule has 1 saturated heterocycles. The smallest absolute Gasteiger partial charge is 0.272 e. The van der Waals surface area contributed by atoms with Gasteiger partial charge >= 0.3 is 0 Å². The van der Waals surface area contributed by atoms with Crippen LogP contribution in [0.15, 0.2) is 30.3 Å². The first kappa shape index (κ1) is 12.1. The van der Waals surface area contributed by atoms with Gasteiger partial charge in [-0.25, -0.2) is 9.37 Å². The van der Waals surface area contributed by atoms with Crippen molar-refractivity contribution in [3.63, 3.8) is 0 Å². The van der Waals surface area contributed by atoms with Gasteiger partial charge in [0.05, 0.1) is 5.52 Å². The highest BCUT2D eigenvalue weighted by atomic mass is 19.1.